The van der Waals surface area contributed by atoms with Gasteiger partial charge in [-0.05, 0) is 54.4 Å². The third-order valence-corrected chi connectivity index (χ3v) is 6.39. The number of nitrogens with one attached hydrogen (secondary N) is 3. The summed E-state index contributed by atoms with van der Waals surface area (Å²) in [7, 11) is 0. The first-order valence-corrected chi connectivity index (χ1v) is 11.3. The number of nitrogens with zero attached hydrogens (tertiary/aromatic N) is 1. The second-order valence-electron chi connectivity index (χ2n) is 7.13. The number of hydrogen-bond acceptors (Lipinski definition) is 4. The van der Waals surface area contributed by atoms with Gasteiger partial charge in [0.15, 0.2) is 5.13 Å². The number of carbonyl (C=O) groups excluding carboxylic acids is 2. The fourth-order valence-electron chi connectivity index (χ4n) is 3.08. The maximum Gasteiger partial charge on any atom is 0.321 e. The molecule has 3 aromatic carbocycles. The van der Waals surface area contributed by atoms with E-state index in [1.54, 1.807) is 24.3 Å². The molecule has 0 atom stereocenters. The second-order valence-corrected chi connectivity index (χ2v) is 8.98. The third kappa shape index (κ3) is 5.42. The SMILES string of the molecule is Cc1cccc(Cl)c1NC(=O)c1ccc2nc(NC(=O)NCc3ccc(F)cc3Cl)sc2c1. The van der Waals surface area contributed by atoms with Crippen LogP contribution in [0.4, 0.5) is 20.0 Å². The number of benzene rings is 3. The van der Waals surface area contributed by atoms with Crippen molar-refractivity contribution in [2.45, 2.75) is 13.5 Å². The maximum absolute atomic E-state index is 13.1. The van der Waals surface area contributed by atoms with Gasteiger partial charge in [-0.25, -0.2) is 14.2 Å². The van der Waals surface area contributed by atoms with Crippen molar-refractivity contribution in [2.24, 2.45) is 0 Å². The molecule has 4 rings (SSSR count). The molecule has 0 radical (unpaired) electrons. The van der Waals surface area contributed by atoms with E-state index >= 15 is 0 Å². The van der Waals surface area contributed by atoms with Crippen molar-refractivity contribution in [1.29, 1.82) is 0 Å². The van der Waals surface area contributed by atoms with Gasteiger partial charge in [-0.1, -0.05) is 52.7 Å². The topological polar surface area (TPSA) is 83.1 Å². The van der Waals surface area contributed by atoms with Crippen molar-refractivity contribution in [3.05, 3.63) is 87.2 Å². The number of aryl methyl sites for hydroxylation is 1. The zero-order chi connectivity index (χ0) is 23.5. The molecule has 10 heteroatoms. The summed E-state index contributed by atoms with van der Waals surface area (Å²) >= 11 is 13.4. The van der Waals surface area contributed by atoms with Crippen molar-refractivity contribution < 1.29 is 14.0 Å². The number of hydrogen-bond donors (Lipinski definition) is 3. The highest BCUT2D eigenvalue weighted by Gasteiger charge is 2.14. The first kappa shape index (κ1) is 23.0. The molecule has 0 spiro atoms. The molecule has 4 aromatic rings. The van der Waals surface area contributed by atoms with Crippen molar-refractivity contribution in [2.75, 3.05) is 10.6 Å². The fraction of sp³-hybridized carbons (Fsp3) is 0.0870. The van der Waals surface area contributed by atoms with E-state index in [0.29, 0.717) is 32.5 Å². The van der Waals surface area contributed by atoms with E-state index in [9.17, 15) is 14.0 Å². The quantitative estimate of drug-likeness (QED) is 0.286. The van der Waals surface area contributed by atoms with Crippen LogP contribution in [0.15, 0.2) is 54.6 Å². The number of aromatic nitrogens is 1. The Balaban J connectivity index is 1.43. The largest absolute Gasteiger partial charge is 0.334 e. The van der Waals surface area contributed by atoms with Gasteiger partial charge in [0.25, 0.3) is 5.91 Å². The molecule has 0 bridgehead atoms. The Labute approximate surface area is 202 Å². The molecule has 1 aromatic heterocycles. The van der Waals surface area contributed by atoms with Crippen LogP contribution in [0.25, 0.3) is 10.2 Å². The van der Waals surface area contributed by atoms with Gasteiger partial charge in [0.1, 0.15) is 5.82 Å². The highest BCUT2D eigenvalue weighted by Crippen LogP contribution is 2.29. The first-order chi connectivity index (χ1) is 15.8. The van der Waals surface area contributed by atoms with E-state index in [0.717, 1.165) is 10.3 Å². The fourth-order valence-corrected chi connectivity index (χ4v) is 4.48. The Morgan fingerprint density at radius 2 is 1.85 bits per heavy atom. The molecular weight excluding hydrogens is 486 g/mol. The lowest BCUT2D eigenvalue weighted by Crippen LogP contribution is -2.28. The highest BCUT2D eigenvalue weighted by molar-refractivity contribution is 7.22. The summed E-state index contributed by atoms with van der Waals surface area (Å²) in [6.07, 6.45) is 0. The van der Waals surface area contributed by atoms with Gasteiger partial charge in [-0.15, -0.1) is 0 Å². The Morgan fingerprint density at radius 3 is 2.61 bits per heavy atom. The summed E-state index contributed by atoms with van der Waals surface area (Å²) in [6, 6.07) is 13.9. The van der Waals surface area contributed by atoms with E-state index in [1.807, 2.05) is 19.1 Å². The molecule has 0 aliphatic heterocycles. The van der Waals surface area contributed by atoms with Crippen LogP contribution in [-0.4, -0.2) is 16.9 Å². The Kier molecular flexibility index (Phi) is 6.78. The zero-order valence-electron chi connectivity index (χ0n) is 17.2. The standard InChI is InChI=1S/C23H17Cl2FN4O2S/c1-12-3-2-4-16(24)20(12)29-21(31)13-6-8-18-19(9-13)33-23(28-18)30-22(32)27-11-14-5-7-15(26)10-17(14)25/h2-10H,11H2,1H3,(H,29,31)(H2,27,28,30,32). The summed E-state index contributed by atoms with van der Waals surface area (Å²) < 4.78 is 13.9. The average molecular weight is 503 g/mol. The van der Waals surface area contributed by atoms with E-state index in [1.165, 1.54) is 29.5 Å². The first-order valence-electron chi connectivity index (χ1n) is 9.76. The molecule has 33 heavy (non-hydrogen) atoms. The molecule has 0 saturated carbocycles. The predicted molar refractivity (Wildman–Crippen MR) is 131 cm³/mol. The zero-order valence-corrected chi connectivity index (χ0v) is 19.5. The molecule has 0 aliphatic rings. The minimum absolute atomic E-state index is 0.127. The second kappa shape index (κ2) is 9.74. The number of rotatable bonds is 5. The Bertz CT molecular complexity index is 1360. The van der Waals surface area contributed by atoms with E-state index < -0.39 is 11.8 Å². The number of amides is 3. The summed E-state index contributed by atoms with van der Waals surface area (Å²) in [5.41, 5.74) is 3.08. The van der Waals surface area contributed by atoms with Crippen LogP contribution in [-0.2, 0) is 6.54 Å². The van der Waals surface area contributed by atoms with Crippen LogP contribution in [0, 0.1) is 12.7 Å². The number of fused-ring (bicyclic) bond motifs is 1. The molecule has 0 aliphatic carbocycles. The van der Waals surface area contributed by atoms with Gasteiger partial charge in [0.05, 0.1) is 20.9 Å². The molecule has 3 amide bonds. The number of para-hydroxylation sites is 1. The van der Waals surface area contributed by atoms with E-state index in [-0.39, 0.29) is 17.5 Å². The summed E-state index contributed by atoms with van der Waals surface area (Å²) in [4.78, 5) is 29.3. The normalized spacial score (nSPS) is 10.8. The number of carbonyl (C=O) groups is 2. The molecule has 0 unspecified atom stereocenters. The molecule has 6 nitrogen and oxygen atoms in total. The number of anilines is 2. The monoisotopic (exact) mass is 502 g/mol. The van der Waals surface area contributed by atoms with Crippen LogP contribution in [0.1, 0.15) is 21.5 Å². The molecule has 1 heterocycles. The van der Waals surface area contributed by atoms with Crippen LogP contribution in [0.3, 0.4) is 0 Å². The van der Waals surface area contributed by atoms with Gasteiger partial charge in [-0.3, -0.25) is 10.1 Å². The lowest BCUT2D eigenvalue weighted by atomic mass is 10.1. The maximum atomic E-state index is 13.1. The summed E-state index contributed by atoms with van der Waals surface area (Å²) in [5.74, 6) is -0.748. The smallest absolute Gasteiger partial charge is 0.321 e. The molecule has 3 N–H and O–H groups in total. The van der Waals surface area contributed by atoms with Gasteiger partial charge in [-0.2, -0.15) is 0 Å². The van der Waals surface area contributed by atoms with Crippen LogP contribution in [0.5, 0.6) is 0 Å². The van der Waals surface area contributed by atoms with Crippen molar-refractivity contribution in [3.63, 3.8) is 0 Å². The highest BCUT2D eigenvalue weighted by atomic mass is 35.5. The summed E-state index contributed by atoms with van der Waals surface area (Å²) in [5, 5.41) is 9.21. The minimum atomic E-state index is -0.485. The molecule has 168 valence electrons. The van der Waals surface area contributed by atoms with Crippen molar-refractivity contribution in [1.82, 2.24) is 10.3 Å². The molecular formula is C23H17Cl2FN4O2S. The predicted octanol–water partition coefficient (Wildman–Crippen LogP) is 6.62. The average Bonchev–Trinajstić information content (AvgIpc) is 3.17. The van der Waals surface area contributed by atoms with Gasteiger partial charge in [0, 0.05) is 17.1 Å². The molecule has 0 fully saturated rings. The number of thiazole rings is 1. The van der Waals surface area contributed by atoms with E-state index in [4.69, 9.17) is 23.2 Å². The minimum Gasteiger partial charge on any atom is -0.334 e. The number of halogens is 3. The Hall–Kier alpha value is -3.20. The third-order valence-electron chi connectivity index (χ3n) is 4.79. The van der Waals surface area contributed by atoms with Crippen LogP contribution < -0.4 is 16.0 Å². The summed E-state index contributed by atoms with van der Waals surface area (Å²) in [6.45, 7) is 1.99. The lowest BCUT2D eigenvalue weighted by Gasteiger charge is -2.10. The number of urea groups is 1. The van der Waals surface area contributed by atoms with Crippen molar-refractivity contribution >= 4 is 67.5 Å². The van der Waals surface area contributed by atoms with Crippen LogP contribution >= 0.6 is 34.5 Å². The van der Waals surface area contributed by atoms with Gasteiger partial charge >= 0.3 is 6.03 Å². The van der Waals surface area contributed by atoms with Gasteiger partial charge in [0.2, 0.25) is 0 Å². The lowest BCUT2D eigenvalue weighted by molar-refractivity contribution is 0.102. The Morgan fingerprint density at radius 1 is 1.03 bits per heavy atom. The van der Waals surface area contributed by atoms with Crippen molar-refractivity contribution in [3.8, 4) is 0 Å². The van der Waals surface area contributed by atoms with E-state index in [2.05, 4.69) is 20.9 Å². The molecule has 0 saturated heterocycles. The van der Waals surface area contributed by atoms with Crippen LogP contribution in [0.2, 0.25) is 10.0 Å². The van der Waals surface area contributed by atoms with Gasteiger partial charge < -0.3 is 10.6 Å².